The number of hydrogen-bond donors (Lipinski definition) is 2. The van der Waals surface area contributed by atoms with Crippen molar-refractivity contribution in [3.8, 4) is 22.6 Å². The Morgan fingerprint density at radius 3 is 2.47 bits per heavy atom. The fraction of sp³-hybridized carbons (Fsp3) is 0.360. The zero-order valence-electron chi connectivity index (χ0n) is 19.3. The van der Waals surface area contributed by atoms with E-state index in [4.69, 9.17) is 20.3 Å². The molecule has 170 valence electrons. The van der Waals surface area contributed by atoms with Crippen molar-refractivity contribution >= 4 is 24.2 Å². The number of fused-ring (bicyclic) bond motifs is 1. The Labute approximate surface area is 190 Å². The van der Waals surface area contributed by atoms with Gasteiger partial charge in [-0.3, -0.25) is 10.2 Å². The van der Waals surface area contributed by atoms with Crippen LogP contribution in [-0.2, 0) is 17.9 Å². The largest absolute Gasteiger partial charge is 0.497 e. The predicted octanol–water partition coefficient (Wildman–Crippen LogP) is 5.11. The molecule has 1 amide bonds. The van der Waals surface area contributed by atoms with Crippen LogP contribution in [0.2, 0.25) is 0 Å². The van der Waals surface area contributed by atoms with Crippen molar-refractivity contribution in [1.29, 1.82) is 10.8 Å². The van der Waals surface area contributed by atoms with Crippen LogP contribution in [0.3, 0.4) is 0 Å². The molecule has 0 saturated heterocycles. The molecule has 0 fully saturated rings. The SMILES string of the molecule is CCC(=O)N1Cc2ccc(-c3cc(OC)ccc3OC)cc2C1.CCCC=NC(=N)C=N. The van der Waals surface area contributed by atoms with E-state index in [1.165, 1.54) is 11.1 Å². The second-order valence-corrected chi connectivity index (χ2v) is 7.28. The number of nitrogens with one attached hydrogen (secondary N) is 2. The molecule has 7 nitrogen and oxygen atoms in total. The lowest BCUT2D eigenvalue weighted by molar-refractivity contribution is -0.131. The molecule has 2 aromatic carbocycles. The molecule has 1 aliphatic heterocycles. The summed E-state index contributed by atoms with van der Waals surface area (Å²) >= 11 is 0. The van der Waals surface area contributed by atoms with Crippen LogP contribution in [0, 0.1) is 10.8 Å². The van der Waals surface area contributed by atoms with Gasteiger partial charge in [-0.1, -0.05) is 32.4 Å². The number of amides is 1. The van der Waals surface area contributed by atoms with E-state index >= 15 is 0 Å². The quantitative estimate of drug-likeness (QED) is 0.466. The summed E-state index contributed by atoms with van der Waals surface area (Å²) in [5.74, 6) is 1.82. The van der Waals surface area contributed by atoms with Gasteiger partial charge in [-0.2, -0.15) is 0 Å². The van der Waals surface area contributed by atoms with Crippen LogP contribution in [0.4, 0.5) is 0 Å². The van der Waals surface area contributed by atoms with Gasteiger partial charge in [0, 0.05) is 31.3 Å². The van der Waals surface area contributed by atoms with E-state index < -0.39 is 0 Å². The number of carbonyl (C=O) groups is 1. The van der Waals surface area contributed by atoms with Crippen molar-refractivity contribution in [1.82, 2.24) is 4.90 Å². The van der Waals surface area contributed by atoms with Gasteiger partial charge in [-0.05, 0) is 47.4 Å². The van der Waals surface area contributed by atoms with Gasteiger partial charge in [0.15, 0.2) is 5.84 Å². The molecule has 1 aliphatic rings. The van der Waals surface area contributed by atoms with Crippen molar-refractivity contribution in [2.45, 2.75) is 46.2 Å². The number of rotatable bonds is 7. The van der Waals surface area contributed by atoms with E-state index in [-0.39, 0.29) is 11.7 Å². The minimum absolute atomic E-state index is 0.0171. The van der Waals surface area contributed by atoms with E-state index in [0.717, 1.165) is 41.7 Å². The van der Waals surface area contributed by atoms with Crippen molar-refractivity contribution in [2.24, 2.45) is 4.99 Å². The maximum absolute atomic E-state index is 11.9. The maximum atomic E-state index is 11.9. The van der Waals surface area contributed by atoms with E-state index in [1.54, 1.807) is 20.4 Å². The lowest BCUT2D eigenvalue weighted by Gasteiger charge is -2.13. The number of nitrogens with zero attached hydrogens (tertiary/aromatic N) is 2. The Morgan fingerprint density at radius 1 is 1.09 bits per heavy atom. The summed E-state index contributed by atoms with van der Waals surface area (Å²) in [7, 11) is 3.32. The first-order chi connectivity index (χ1) is 15.5. The van der Waals surface area contributed by atoms with Crippen molar-refractivity contribution < 1.29 is 14.3 Å². The molecule has 2 N–H and O–H groups in total. The average molecular weight is 437 g/mol. The molecule has 0 saturated carbocycles. The van der Waals surface area contributed by atoms with E-state index in [9.17, 15) is 4.79 Å². The second-order valence-electron chi connectivity index (χ2n) is 7.28. The van der Waals surface area contributed by atoms with Crippen molar-refractivity contribution in [2.75, 3.05) is 14.2 Å². The second kappa shape index (κ2) is 12.4. The number of ether oxygens (including phenoxy) is 2. The lowest BCUT2D eigenvalue weighted by Crippen LogP contribution is -2.23. The Morgan fingerprint density at radius 2 is 1.84 bits per heavy atom. The first-order valence-electron chi connectivity index (χ1n) is 10.7. The fourth-order valence-corrected chi connectivity index (χ4v) is 3.33. The lowest BCUT2D eigenvalue weighted by atomic mass is 9.99. The third kappa shape index (κ3) is 6.51. The molecule has 0 aliphatic carbocycles. The first-order valence-corrected chi connectivity index (χ1v) is 10.7. The van der Waals surface area contributed by atoms with Gasteiger partial charge in [-0.25, -0.2) is 4.99 Å². The summed E-state index contributed by atoms with van der Waals surface area (Å²) in [4.78, 5) is 17.5. The van der Waals surface area contributed by atoms with Crippen LogP contribution in [0.25, 0.3) is 11.1 Å². The van der Waals surface area contributed by atoms with Crippen molar-refractivity contribution in [3.63, 3.8) is 0 Å². The number of benzene rings is 2. The predicted molar refractivity (Wildman–Crippen MR) is 129 cm³/mol. The Kier molecular flexibility index (Phi) is 9.60. The third-order valence-corrected chi connectivity index (χ3v) is 5.09. The summed E-state index contributed by atoms with van der Waals surface area (Å²) in [5, 5.41) is 13.5. The van der Waals surface area contributed by atoms with Crippen molar-refractivity contribution in [3.05, 3.63) is 47.5 Å². The van der Waals surface area contributed by atoms with Gasteiger partial charge in [0.25, 0.3) is 0 Å². The highest BCUT2D eigenvalue weighted by Gasteiger charge is 2.22. The van der Waals surface area contributed by atoms with Crippen LogP contribution in [0.15, 0.2) is 41.4 Å². The van der Waals surface area contributed by atoms with Gasteiger partial charge >= 0.3 is 0 Å². The van der Waals surface area contributed by atoms with Gasteiger partial charge in [0.1, 0.15) is 11.5 Å². The van der Waals surface area contributed by atoms with Crippen LogP contribution in [-0.4, -0.2) is 43.3 Å². The molecule has 0 atom stereocenters. The van der Waals surface area contributed by atoms with E-state index in [0.29, 0.717) is 19.5 Å². The molecule has 0 spiro atoms. The van der Waals surface area contributed by atoms with Gasteiger partial charge in [-0.15, -0.1) is 0 Å². The Bertz CT molecular complexity index is 985. The molecule has 7 heteroatoms. The van der Waals surface area contributed by atoms with Gasteiger partial charge < -0.3 is 19.8 Å². The van der Waals surface area contributed by atoms with E-state index in [2.05, 4.69) is 23.2 Å². The molecule has 0 radical (unpaired) electrons. The van der Waals surface area contributed by atoms with Gasteiger partial charge in [0.05, 0.1) is 20.4 Å². The number of aliphatic imine (C=N–C) groups is 1. The summed E-state index contributed by atoms with van der Waals surface area (Å²) in [6.45, 7) is 5.33. The molecular weight excluding hydrogens is 404 g/mol. The molecule has 2 aromatic rings. The zero-order valence-corrected chi connectivity index (χ0v) is 19.3. The molecule has 0 bridgehead atoms. The number of carbonyl (C=O) groups excluding carboxylic acids is 1. The van der Waals surface area contributed by atoms with Crippen LogP contribution in [0.5, 0.6) is 11.5 Å². The normalized spacial score (nSPS) is 12.1. The molecule has 1 heterocycles. The highest BCUT2D eigenvalue weighted by molar-refractivity contribution is 6.28. The fourth-order valence-electron chi connectivity index (χ4n) is 3.33. The standard InChI is InChI=1S/C19H21NO3.C6H11N3/c1-4-19(21)20-11-14-6-5-13(9-15(14)12-20)17-10-16(22-2)7-8-18(17)23-3;1-2-3-4-9-6(8)5-7/h5-10H,4,11-12H2,1-3H3;4-5,7-8H,2-3H2,1H3. The Balaban J connectivity index is 0.000000344. The number of hydrogen-bond acceptors (Lipinski definition) is 5. The third-order valence-electron chi connectivity index (χ3n) is 5.09. The number of methoxy groups -OCH3 is 2. The molecule has 0 aromatic heterocycles. The van der Waals surface area contributed by atoms with Crippen LogP contribution in [0.1, 0.15) is 44.2 Å². The van der Waals surface area contributed by atoms with E-state index in [1.807, 2.05) is 36.9 Å². The summed E-state index contributed by atoms with van der Waals surface area (Å²) in [5.41, 5.74) is 4.49. The first kappa shape index (κ1) is 24.8. The highest BCUT2D eigenvalue weighted by atomic mass is 16.5. The monoisotopic (exact) mass is 436 g/mol. The Hall–Kier alpha value is -3.48. The number of amidine groups is 1. The molecule has 32 heavy (non-hydrogen) atoms. The highest BCUT2D eigenvalue weighted by Crippen LogP contribution is 2.36. The summed E-state index contributed by atoms with van der Waals surface area (Å²) in [6, 6.07) is 12.1. The molecular formula is C25H32N4O3. The maximum Gasteiger partial charge on any atom is 0.222 e. The summed E-state index contributed by atoms with van der Waals surface area (Å²) in [6.07, 6.45) is 5.05. The van der Waals surface area contributed by atoms with Crippen LogP contribution >= 0.6 is 0 Å². The topological polar surface area (TPSA) is 98.8 Å². The zero-order chi connectivity index (χ0) is 23.5. The smallest absolute Gasteiger partial charge is 0.222 e. The number of unbranched alkanes of at least 4 members (excludes halogenated alkanes) is 1. The molecule has 0 unspecified atom stereocenters. The molecule has 3 rings (SSSR count). The van der Waals surface area contributed by atoms with Crippen LogP contribution < -0.4 is 9.47 Å². The summed E-state index contributed by atoms with van der Waals surface area (Å²) < 4.78 is 10.8. The average Bonchev–Trinajstić information content (AvgIpc) is 3.27. The van der Waals surface area contributed by atoms with Gasteiger partial charge in [0.2, 0.25) is 5.91 Å². The minimum Gasteiger partial charge on any atom is -0.497 e. The minimum atomic E-state index is 0.0171.